The van der Waals surface area contributed by atoms with Crippen LogP contribution in [0.3, 0.4) is 0 Å². The summed E-state index contributed by atoms with van der Waals surface area (Å²) in [5.41, 5.74) is 0. The molecule has 0 saturated heterocycles. The lowest BCUT2D eigenvalue weighted by Gasteiger charge is -2.12. The zero-order valence-corrected chi connectivity index (χ0v) is 13.1. The first-order chi connectivity index (χ1) is 11.1. The van der Waals surface area contributed by atoms with Gasteiger partial charge in [0, 0.05) is 17.8 Å². The Kier molecular flexibility index (Phi) is 5.97. The lowest BCUT2D eigenvalue weighted by Crippen LogP contribution is -2.34. The van der Waals surface area contributed by atoms with E-state index in [2.05, 4.69) is 5.32 Å². The summed E-state index contributed by atoms with van der Waals surface area (Å²) in [5.74, 6) is -0.264. The van der Waals surface area contributed by atoms with Crippen molar-refractivity contribution in [1.82, 2.24) is 5.32 Å². The molecule has 0 spiro atoms. The number of hydrogen-bond donors (Lipinski definition) is 2. The fraction of sp³-hybridized carbons (Fsp3) is 0.333. The van der Waals surface area contributed by atoms with Crippen LogP contribution in [-0.4, -0.2) is 29.6 Å². The molecule has 2 rings (SSSR count). The van der Waals surface area contributed by atoms with Crippen LogP contribution >= 0.6 is 0 Å². The molecule has 0 bridgehead atoms. The maximum Gasteiger partial charge on any atom is 0.305 e. The maximum atomic E-state index is 11.7. The Morgan fingerprint density at radius 3 is 2.70 bits per heavy atom. The highest BCUT2D eigenvalue weighted by Gasteiger charge is 2.10. The third-order valence-electron chi connectivity index (χ3n) is 3.44. The van der Waals surface area contributed by atoms with Crippen LogP contribution in [-0.2, 0) is 9.59 Å². The van der Waals surface area contributed by atoms with Gasteiger partial charge in [0.15, 0.2) is 0 Å². The first-order valence-corrected chi connectivity index (χ1v) is 7.68. The zero-order valence-electron chi connectivity index (χ0n) is 13.1. The molecule has 5 heteroatoms. The molecule has 0 radical (unpaired) electrons. The van der Waals surface area contributed by atoms with Crippen LogP contribution < -0.4 is 10.1 Å². The molecule has 1 unspecified atom stereocenters. The van der Waals surface area contributed by atoms with E-state index < -0.39 is 5.97 Å². The number of hydrogen-bond acceptors (Lipinski definition) is 3. The van der Waals surface area contributed by atoms with Gasteiger partial charge in [-0.2, -0.15) is 0 Å². The number of ether oxygens (including phenoxy) is 1. The Hall–Kier alpha value is -2.56. The second-order valence-electron chi connectivity index (χ2n) is 5.50. The summed E-state index contributed by atoms with van der Waals surface area (Å²) in [4.78, 5) is 22.2. The molecule has 2 aromatic rings. The van der Waals surface area contributed by atoms with Gasteiger partial charge in [0.1, 0.15) is 5.75 Å². The molecule has 2 aromatic carbocycles. The Balaban J connectivity index is 1.76. The van der Waals surface area contributed by atoms with Crippen LogP contribution in [0.1, 0.15) is 26.2 Å². The second-order valence-corrected chi connectivity index (χ2v) is 5.50. The SMILES string of the molecule is CC(CC(=O)O)NC(=O)CCCOc1cccc2ccccc12. The van der Waals surface area contributed by atoms with Gasteiger partial charge in [-0.3, -0.25) is 9.59 Å². The molecule has 0 saturated carbocycles. The molecule has 1 amide bonds. The Bertz CT molecular complexity index is 678. The predicted molar refractivity (Wildman–Crippen MR) is 88.5 cm³/mol. The first-order valence-electron chi connectivity index (χ1n) is 7.68. The molecule has 23 heavy (non-hydrogen) atoms. The minimum Gasteiger partial charge on any atom is -0.493 e. The smallest absolute Gasteiger partial charge is 0.305 e. The average molecular weight is 315 g/mol. The van der Waals surface area contributed by atoms with E-state index in [4.69, 9.17) is 9.84 Å². The molecule has 2 N–H and O–H groups in total. The van der Waals surface area contributed by atoms with Crippen LogP contribution in [0.15, 0.2) is 42.5 Å². The number of nitrogens with one attached hydrogen (secondary N) is 1. The lowest BCUT2D eigenvalue weighted by atomic mass is 10.1. The number of amides is 1. The van der Waals surface area contributed by atoms with Crippen molar-refractivity contribution in [3.05, 3.63) is 42.5 Å². The van der Waals surface area contributed by atoms with Crippen molar-refractivity contribution in [3.8, 4) is 5.75 Å². The predicted octanol–water partition coefficient (Wildman–Crippen LogP) is 2.98. The molecule has 122 valence electrons. The maximum absolute atomic E-state index is 11.7. The van der Waals surface area contributed by atoms with Gasteiger partial charge in [-0.05, 0) is 24.8 Å². The van der Waals surface area contributed by atoms with Crippen molar-refractivity contribution in [2.75, 3.05) is 6.61 Å². The monoisotopic (exact) mass is 315 g/mol. The van der Waals surface area contributed by atoms with Crippen molar-refractivity contribution in [1.29, 1.82) is 0 Å². The van der Waals surface area contributed by atoms with E-state index in [1.807, 2.05) is 42.5 Å². The normalized spacial score (nSPS) is 11.9. The number of rotatable bonds is 8. The van der Waals surface area contributed by atoms with E-state index in [9.17, 15) is 9.59 Å². The molecule has 5 nitrogen and oxygen atoms in total. The molecule has 0 aromatic heterocycles. The van der Waals surface area contributed by atoms with Crippen LogP contribution in [0.5, 0.6) is 5.75 Å². The minimum atomic E-state index is -0.919. The number of carbonyl (C=O) groups is 2. The van der Waals surface area contributed by atoms with E-state index in [1.165, 1.54) is 0 Å². The van der Waals surface area contributed by atoms with Gasteiger partial charge in [0.2, 0.25) is 5.91 Å². The van der Waals surface area contributed by atoms with E-state index in [0.717, 1.165) is 16.5 Å². The quantitative estimate of drug-likeness (QED) is 0.734. The van der Waals surface area contributed by atoms with E-state index in [0.29, 0.717) is 19.4 Å². The molecular formula is C18H21NO4. The van der Waals surface area contributed by atoms with Crippen molar-refractivity contribution in [3.63, 3.8) is 0 Å². The summed E-state index contributed by atoms with van der Waals surface area (Å²) in [7, 11) is 0. The average Bonchev–Trinajstić information content (AvgIpc) is 2.50. The van der Waals surface area contributed by atoms with Gasteiger partial charge in [0.25, 0.3) is 0 Å². The van der Waals surface area contributed by atoms with Crippen LogP contribution in [0.4, 0.5) is 0 Å². The van der Waals surface area contributed by atoms with Gasteiger partial charge in [-0.25, -0.2) is 0 Å². The van der Waals surface area contributed by atoms with Crippen molar-refractivity contribution >= 4 is 22.6 Å². The zero-order chi connectivity index (χ0) is 16.7. The Morgan fingerprint density at radius 2 is 1.91 bits per heavy atom. The lowest BCUT2D eigenvalue weighted by molar-refractivity contribution is -0.137. The van der Waals surface area contributed by atoms with E-state index >= 15 is 0 Å². The van der Waals surface area contributed by atoms with Gasteiger partial charge in [0.05, 0.1) is 13.0 Å². The number of benzene rings is 2. The largest absolute Gasteiger partial charge is 0.493 e. The molecule has 0 heterocycles. The molecular weight excluding hydrogens is 294 g/mol. The number of carboxylic acids is 1. The number of fused-ring (bicyclic) bond motifs is 1. The molecule has 0 aliphatic carbocycles. The van der Waals surface area contributed by atoms with Gasteiger partial charge in [-0.15, -0.1) is 0 Å². The molecule has 0 aliphatic rings. The molecule has 0 fully saturated rings. The number of aliphatic carboxylic acids is 1. The molecule has 1 atom stereocenters. The third kappa shape index (κ3) is 5.29. The summed E-state index contributed by atoms with van der Waals surface area (Å²) >= 11 is 0. The summed E-state index contributed by atoms with van der Waals surface area (Å²) in [6, 6.07) is 13.5. The van der Waals surface area contributed by atoms with Gasteiger partial charge < -0.3 is 15.2 Å². The molecule has 0 aliphatic heterocycles. The Morgan fingerprint density at radius 1 is 1.17 bits per heavy atom. The fourth-order valence-corrected chi connectivity index (χ4v) is 2.40. The minimum absolute atomic E-state index is 0.0712. The van der Waals surface area contributed by atoms with Crippen molar-refractivity contribution in [2.24, 2.45) is 0 Å². The first kappa shape index (κ1) is 16.8. The van der Waals surface area contributed by atoms with E-state index in [-0.39, 0.29) is 18.4 Å². The highest BCUT2D eigenvalue weighted by atomic mass is 16.5. The standard InChI is InChI=1S/C18H21NO4/c1-13(12-18(21)22)19-17(20)10-5-11-23-16-9-4-7-14-6-2-3-8-15(14)16/h2-4,6-9,13H,5,10-12H2,1H3,(H,19,20)(H,21,22). The second kappa shape index (κ2) is 8.17. The van der Waals surface area contributed by atoms with Crippen LogP contribution in [0, 0.1) is 0 Å². The Labute approximate surface area is 135 Å². The van der Waals surface area contributed by atoms with Crippen LogP contribution in [0.2, 0.25) is 0 Å². The van der Waals surface area contributed by atoms with Crippen molar-refractivity contribution < 1.29 is 19.4 Å². The summed E-state index contributed by atoms with van der Waals surface area (Å²) < 4.78 is 5.77. The topological polar surface area (TPSA) is 75.6 Å². The van der Waals surface area contributed by atoms with Gasteiger partial charge in [-0.1, -0.05) is 36.4 Å². The third-order valence-corrected chi connectivity index (χ3v) is 3.44. The van der Waals surface area contributed by atoms with Gasteiger partial charge >= 0.3 is 5.97 Å². The highest BCUT2D eigenvalue weighted by Crippen LogP contribution is 2.25. The fourth-order valence-electron chi connectivity index (χ4n) is 2.40. The van der Waals surface area contributed by atoms with E-state index in [1.54, 1.807) is 6.92 Å². The highest BCUT2D eigenvalue weighted by molar-refractivity contribution is 5.88. The summed E-state index contributed by atoms with van der Waals surface area (Å²) in [6.45, 7) is 2.12. The number of carboxylic acid groups (broad SMARTS) is 1. The summed E-state index contributed by atoms with van der Waals surface area (Å²) in [6.07, 6.45) is 0.821. The van der Waals surface area contributed by atoms with Crippen molar-refractivity contribution in [2.45, 2.75) is 32.2 Å². The summed E-state index contributed by atoms with van der Waals surface area (Å²) in [5, 5.41) is 13.5. The van der Waals surface area contributed by atoms with Crippen LogP contribution in [0.25, 0.3) is 10.8 Å². The number of carbonyl (C=O) groups excluding carboxylic acids is 1.